The highest BCUT2D eigenvalue weighted by Crippen LogP contribution is 2.24. The molecule has 0 radical (unpaired) electrons. The third-order valence-electron chi connectivity index (χ3n) is 4.91. The van der Waals surface area contributed by atoms with Gasteiger partial charge in [-0.05, 0) is 45.2 Å². The first-order valence-corrected chi connectivity index (χ1v) is 10.0. The lowest BCUT2D eigenvalue weighted by Crippen LogP contribution is -2.51. The fraction of sp³-hybridized carbons (Fsp3) is 0.650. The average Bonchev–Trinajstić information content (AvgIpc) is 2.65. The van der Waals surface area contributed by atoms with E-state index in [0.717, 1.165) is 44.1 Å². The number of hydrogen-bond donors (Lipinski definition) is 2. The zero-order chi connectivity index (χ0) is 18.9. The van der Waals surface area contributed by atoms with Crippen LogP contribution in [0.15, 0.2) is 29.3 Å². The van der Waals surface area contributed by atoms with Gasteiger partial charge in [0.2, 0.25) is 0 Å². The van der Waals surface area contributed by atoms with E-state index in [4.69, 9.17) is 16.3 Å². The van der Waals surface area contributed by atoms with Crippen molar-refractivity contribution in [2.45, 2.75) is 58.2 Å². The minimum Gasteiger partial charge on any atom is -0.487 e. The summed E-state index contributed by atoms with van der Waals surface area (Å²) in [6, 6.07) is 8.69. The number of halogens is 1. The minimum absolute atomic E-state index is 0.0382. The molecule has 0 aliphatic carbocycles. The van der Waals surface area contributed by atoms with Crippen molar-refractivity contribution in [2.75, 3.05) is 26.7 Å². The van der Waals surface area contributed by atoms with Crippen LogP contribution in [0.4, 0.5) is 0 Å². The molecule has 26 heavy (non-hydrogen) atoms. The molecular formula is C20H33ClN4O. The Balaban J connectivity index is 1.79. The fourth-order valence-electron chi connectivity index (χ4n) is 3.15. The van der Waals surface area contributed by atoms with Gasteiger partial charge in [-0.25, -0.2) is 0 Å². The SMILES string of the molecule is CCC(CNC(=NC)NC1CCN(C(C)C)CC1)Oc1ccccc1Cl. The average molecular weight is 381 g/mol. The Kier molecular flexibility index (Phi) is 8.52. The molecule has 1 saturated heterocycles. The predicted molar refractivity (Wildman–Crippen MR) is 110 cm³/mol. The maximum Gasteiger partial charge on any atom is 0.191 e. The highest BCUT2D eigenvalue weighted by molar-refractivity contribution is 6.32. The van der Waals surface area contributed by atoms with E-state index in [-0.39, 0.29) is 6.10 Å². The van der Waals surface area contributed by atoms with Crippen molar-refractivity contribution in [3.63, 3.8) is 0 Å². The van der Waals surface area contributed by atoms with E-state index in [2.05, 4.69) is 41.3 Å². The second-order valence-electron chi connectivity index (χ2n) is 7.08. The third-order valence-corrected chi connectivity index (χ3v) is 5.22. The summed E-state index contributed by atoms with van der Waals surface area (Å²) >= 11 is 6.19. The Hall–Kier alpha value is -1.46. The molecule has 0 bridgehead atoms. The van der Waals surface area contributed by atoms with Crippen molar-refractivity contribution < 1.29 is 4.74 Å². The molecule has 1 unspecified atom stereocenters. The summed E-state index contributed by atoms with van der Waals surface area (Å²) in [5.74, 6) is 1.57. The van der Waals surface area contributed by atoms with E-state index in [9.17, 15) is 0 Å². The topological polar surface area (TPSA) is 48.9 Å². The van der Waals surface area contributed by atoms with Crippen LogP contribution in [0, 0.1) is 0 Å². The van der Waals surface area contributed by atoms with Gasteiger partial charge in [0, 0.05) is 32.2 Å². The number of nitrogens with one attached hydrogen (secondary N) is 2. The molecular weight excluding hydrogens is 348 g/mol. The summed E-state index contributed by atoms with van der Waals surface area (Å²) in [4.78, 5) is 6.89. The first-order chi connectivity index (χ1) is 12.5. The Morgan fingerprint density at radius 1 is 1.31 bits per heavy atom. The van der Waals surface area contributed by atoms with Gasteiger partial charge in [-0.2, -0.15) is 0 Å². The number of rotatable bonds is 7. The second-order valence-corrected chi connectivity index (χ2v) is 7.49. The van der Waals surface area contributed by atoms with E-state index in [1.54, 1.807) is 0 Å². The van der Waals surface area contributed by atoms with Crippen LogP contribution in [0.1, 0.15) is 40.0 Å². The maximum atomic E-state index is 6.19. The van der Waals surface area contributed by atoms with Gasteiger partial charge >= 0.3 is 0 Å². The molecule has 1 aromatic carbocycles. The van der Waals surface area contributed by atoms with Crippen molar-refractivity contribution in [3.05, 3.63) is 29.3 Å². The first kappa shape index (κ1) is 20.8. The van der Waals surface area contributed by atoms with Crippen molar-refractivity contribution in [3.8, 4) is 5.75 Å². The van der Waals surface area contributed by atoms with Crippen LogP contribution in [0.3, 0.4) is 0 Å². The smallest absolute Gasteiger partial charge is 0.191 e. The summed E-state index contributed by atoms with van der Waals surface area (Å²) in [6.45, 7) is 9.60. The number of benzene rings is 1. The number of guanidine groups is 1. The molecule has 2 N–H and O–H groups in total. The molecule has 1 aliphatic rings. The molecule has 1 heterocycles. The van der Waals surface area contributed by atoms with Crippen LogP contribution in [-0.4, -0.2) is 55.7 Å². The zero-order valence-electron chi connectivity index (χ0n) is 16.5. The molecule has 6 heteroatoms. The number of para-hydroxylation sites is 1. The molecule has 0 spiro atoms. The Bertz CT molecular complexity index is 571. The molecule has 2 rings (SSSR count). The van der Waals surface area contributed by atoms with Gasteiger partial charge < -0.3 is 20.3 Å². The Labute approximate surface area is 163 Å². The van der Waals surface area contributed by atoms with Gasteiger partial charge in [0.25, 0.3) is 0 Å². The van der Waals surface area contributed by atoms with E-state index in [0.29, 0.717) is 23.7 Å². The summed E-state index contributed by atoms with van der Waals surface area (Å²) in [5.41, 5.74) is 0. The van der Waals surface area contributed by atoms with Gasteiger partial charge in [0.05, 0.1) is 11.6 Å². The molecule has 0 aromatic heterocycles. The molecule has 146 valence electrons. The monoisotopic (exact) mass is 380 g/mol. The maximum absolute atomic E-state index is 6.19. The van der Waals surface area contributed by atoms with Crippen LogP contribution in [0.25, 0.3) is 0 Å². The van der Waals surface area contributed by atoms with Crippen LogP contribution in [-0.2, 0) is 0 Å². The quantitative estimate of drug-likeness (QED) is 0.561. The van der Waals surface area contributed by atoms with Crippen molar-refractivity contribution >= 4 is 17.6 Å². The summed E-state index contributed by atoms with van der Waals surface area (Å²) in [6.07, 6.45) is 3.22. The molecule has 1 atom stereocenters. The fourth-order valence-corrected chi connectivity index (χ4v) is 3.33. The lowest BCUT2D eigenvalue weighted by Gasteiger charge is -2.35. The third kappa shape index (κ3) is 6.36. The molecule has 5 nitrogen and oxygen atoms in total. The van der Waals surface area contributed by atoms with Crippen molar-refractivity contribution in [1.29, 1.82) is 0 Å². The lowest BCUT2D eigenvalue weighted by atomic mass is 10.0. The second kappa shape index (κ2) is 10.6. The Morgan fingerprint density at radius 2 is 2.00 bits per heavy atom. The van der Waals surface area contributed by atoms with Crippen molar-refractivity contribution in [1.82, 2.24) is 15.5 Å². The van der Waals surface area contributed by atoms with Gasteiger partial charge in [0.15, 0.2) is 5.96 Å². The number of piperidine rings is 1. The lowest BCUT2D eigenvalue weighted by molar-refractivity contribution is 0.167. The summed E-state index contributed by atoms with van der Waals surface area (Å²) in [5, 5.41) is 7.59. The van der Waals surface area contributed by atoms with Gasteiger partial charge in [-0.3, -0.25) is 4.99 Å². The molecule has 1 aliphatic heterocycles. The van der Waals surface area contributed by atoms with Gasteiger partial charge in [-0.1, -0.05) is 30.7 Å². The van der Waals surface area contributed by atoms with E-state index >= 15 is 0 Å². The highest BCUT2D eigenvalue weighted by Gasteiger charge is 2.21. The van der Waals surface area contributed by atoms with Crippen LogP contribution < -0.4 is 15.4 Å². The molecule has 1 aromatic rings. The van der Waals surface area contributed by atoms with E-state index < -0.39 is 0 Å². The highest BCUT2D eigenvalue weighted by atomic mass is 35.5. The predicted octanol–water partition coefficient (Wildman–Crippen LogP) is 3.54. The molecule has 0 saturated carbocycles. The summed E-state index contributed by atoms with van der Waals surface area (Å²) in [7, 11) is 1.81. The van der Waals surface area contributed by atoms with E-state index in [1.807, 2.05) is 31.3 Å². The normalized spacial score (nSPS) is 18.0. The first-order valence-electron chi connectivity index (χ1n) is 9.65. The number of likely N-dealkylation sites (tertiary alicyclic amines) is 1. The van der Waals surface area contributed by atoms with Crippen molar-refractivity contribution in [2.24, 2.45) is 4.99 Å². The number of hydrogen-bond acceptors (Lipinski definition) is 3. The van der Waals surface area contributed by atoms with Gasteiger partial charge in [0.1, 0.15) is 11.9 Å². The zero-order valence-corrected chi connectivity index (χ0v) is 17.2. The van der Waals surface area contributed by atoms with E-state index in [1.165, 1.54) is 0 Å². The summed E-state index contributed by atoms with van der Waals surface area (Å²) < 4.78 is 6.04. The standard InChI is InChI=1S/C20H33ClN4O/c1-5-17(26-19-9-7-6-8-18(19)21)14-23-20(22-4)24-16-10-12-25(13-11-16)15(2)3/h6-9,15-17H,5,10-14H2,1-4H3,(H2,22,23,24). The van der Waals surface area contributed by atoms with Crippen LogP contribution in [0.5, 0.6) is 5.75 Å². The number of nitrogens with zero attached hydrogens (tertiary/aromatic N) is 2. The van der Waals surface area contributed by atoms with Crippen LogP contribution >= 0.6 is 11.6 Å². The molecule has 0 amide bonds. The molecule has 1 fully saturated rings. The largest absolute Gasteiger partial charge is 0.487 e. The number of ether oxygens (including phenoxy) is 1. The van der Waals surface area contributed by atoms with Gasteiger partial charge in [-0.15, -0.1) is 0 Å². The van der Waals surface area contributed by atoms with Crippen LogP contribution in [0.2, 0.25) is 5.02 Å². The number of aliphatic imine (C=N–C) groups is 1. The minimum atomic E-state index is 0.0382. The Morgan fingerprint density at radius 3 is 2.58 bits per heavy atom.